The van der Waals surface area contributed by atoms with E-state index in [-0.39, 0.29) is 16.8 Å². The first-order chi connectivity index (χ1) is 19.0. The second kappa shape index (κ2) is 11.2. The Bertz CT molecular complexity index is 1330. The number of piperazine rings is 1. The molecule has 9 nitrogen and oxygen atoms in total. The molecule has 5 heterocycles. The lowest BCUT2D eigenvalue weighted by Crippen LogP contribution is -2.55. The minimum Gasteiger partial charge on any atom is -0.463 e. The number of anilines is 1. The van der Waals surface area contributed by atoms with Gasteiger partial charge in [-0.25, -0.2) is 9.31 Å². The third-order valence-corrected chi connectivity index (χ3v) is 8.86. The fourth-order valence-electron chi connectivity index (χ4n) is 5.41. The van der Waals surface area contributed by atoms with Crippen molar-refractivity contribution in [2.75, 3.05) is 50.8 Å². The highest BCUT2D eigenvalue weighted by atomic mass is 16.6. The molecule has 2 aliphatic rings. The molecule has 0 aromatic carbocycles. The quantitative estimate of drug-likeness (QED) is 0.355. The molecule has 3 aromatic rings. The van der Waals surface area contributed by atoms with Crippen molar-refractivity contribution in [3.63, 3.8) is 0 Å². The fraction of sp³-hybridized carbons (Fsp3) is 0.500. The first-order valence-electron chi connectivity index (χ1n) is 14.5. The summed E-state index contributed by atoms with van der Waals surface area (Å²) in [7, 11) is 10.2. The summed E-state index contributed by atoms with van der Waals surface area (Å²) in [5.74, 6) is 0. The van der Waals surface area contributed by atoms with Gasteiger partial charge in [-0.1, -0.05) is 11.2 Å². The van der Waals surface area contributed by atoms with Crippen LogP contribution in [0.5, 0.6) is 0 Å². The summed E-state index contributed by atoms with van der Waals surface area (Å²) in [6, 6.07) is 8.44. The highest BCUT2D eigenvalue weighted by Gasteiger charge is 2.38. The first kappa shape index (κ1) is 28.7. The molecule has 1 amide bonds. The van der Waals surface area contributed by atoms with E-state index in [9.17, 15) is 4.79 Å². The SMILES string of the molecule is BC(B)(B)C(B)(B)OC(=O)N1CCN(c2ccnn3cc(-c4ccc([C@]5(OCC)CCCNC5)cn4)cc23)CC1. The zero-order chi connectivity index (χ0) is 28.5. The van der Waals surface area contributed by atoms with Crippen LogP contribution in [0.3, 0.4) is 0 Å². The minimum atomic E-state index is -0.552. The molecule has 0 spiro atoms. The van der Waals surface area contributed by atoms with Gasteiger partial charge in [-0.3, -0.25) is 4.98 Å². The maximum atomic E-state index is 12.9. The van der Waals surface area contributed by atoms with Gasteiger partial charge in [0.15, 0.2) is 0 Å². The third kappa shape index (κ3) is 5.66. The number of carbonyl (C=O) groups excluding carboxylic acids is 1. The van der Waals surface area contributed by atoms with Crippen molar-refractivity contribution < 1.29 is 14.3 Å². The number of ether oxygens (including phenoxy) is 2. The molecule has 0 unspecified atom stereocenters. The molecule has 40 heavy (non-hydrogen) atoms. The number of amides is 1. The normalized spacial score (nSPS) is 20.5. The van der Waals surface area contributed by atoms with E-state index in [0.717, 1.165) is 67.0 Å². The third-order valence-electron chi connectivity index (χ3n) is 8.86. The molecule has 206 valence electrons. The van der Waals surface area contributed by atoms with Crippen LogP contribution in [0.2, 0.25) is 5.11 Å². The highest BCUT2D eigenvalue weighted by molar-refractivity contribution is 6.67. The van der Waals surface area contributed by atoms with Gasteiger partial charge in [0.25, 0.3) is 0 Å². The molecule has 5 rings (SSSR count). The van der Waals surface area contributed by atoms with Crippen LogP contribution >= 0.6 is 0 Å². The molecule has 1 N–H and O–H groups in total. The van der Waals surface area contributed by atoms with Gasteiger partial charge in [0, 0.05) is 74.4 Å². The van der Waals surface area contributed by atoms with Crippen LogP contribution < -0.4 is 10.2 Å². The lowest BCUT2D eigenvalue weighted by molar-refractivity contribution is -0.0603. The Kier molecular flexibility index (Phi) is 8.03. The average molecular weight is 538 g/mol. The van der Waals surface area contributed by atoms with Crippen molar-refractivity contribution in [3.05, 3.63) is 48.4 Å². The van der Waals surface area contributed by atoms with E-state index in [1.165, 1.54) is 0 Å². The van der Waals surface area contributed by atoms with E-state index >= 15 is 0 Å². The molecule has 2 fully saturated rings. The lowest BCUT2D eigenvalue weighted by Gasteiger charge is -2.42. The Morgan fingerprint density at radius 1 is 1.12 bits per heavy atom. The summed E-state index contributed by atoms with van der Waals surface area (Å²) in [5.41, 5.74) is 4.86. The molecule has 14 heteroatoms. The summed E-state index contributed by atoms with van der Waals surface area (Å²) < 4.78 is 14.1. The molecule has 2 aliphatic heterocycles. The van der Waals surface area contributed by atoms with Gasteiger partial charge < -0.3 is 24.6 Å². The van der Waals surface area contributed by atoms with Crippen molar-refractivity contribution in [2.24, 2.45) is 0 Å². The topological polar surface area (TPSA) is 84.2 Å². The number of nitrogens with one attached hydrogen (secondary N) is 1. The van der Waals surface area contributed by atoms with Crippen LogP contribution in [0.15, 0.2) is 42.9 Å². The Hall–Kier alpha value is -2.85. The highest BCUT2D eigenvalue weighted by Crippen LogP contribution is 2.34. The second-order valence-corrected chi connectivity index (χ2v) is 12.5. The molecule has 3 aromatic heterocycles. The monoisotopic (exact) mass is 538 g/mol. The van der Waals surface area contributed by atoms with E-state index in [2.05, 4.69) is 64.0 Å². The number of piperidine rings is 1. The number of rotatable bonds is 7. The van der Waals surface area contributed by atoms with Crippen LogP contribution in [-0.4, -0.2) is 116 Å². The predicted molar refractivity (Wildman–Crippen MR) is 172 cm³/mol. The van der Waals surface area contributed by atoms with Crippen molar-refractivity contribution in [1.29, 1.82) is 0 Å². The van der Waals surface area contributed by atoms with E-state index < -0.39 is 5.40 Å². The summed E-state index contributed by atoms with van der Waals surface area (Å²) in [6.45, 7) is 7.24. The molecule has 1 atom stereocenters. The second-order valence-electron chi connectivity index (χ2n) is 12.5. The Morgan fingerprint density at radius 3 is 2.52 bits per heavy atom. The number of carbonyl (C=O) groups is 1. The number of fused-ring (bicyclic) bond motifs is 1. The Balaban J connectivity index is 1.30. The Morgan fingerprint density at radius 2 is 1.90 bits per heavy atom. The van der Waals surface area contributed by atoms with Crippen molar-refractivity contribution in [3.8, 4) is 11.3 Å². The predicted octanol–water partition coefficient (Wildman–Crippen LogP) is -1.84. The van der Waals surface area contributed by atoms with Gasteiger partial charge in [-0.05, 0) is 44.5 Å². The standard InChI is InChI=1S/C26H39B5N6O3/c1-2-39-24(7-3-8-32-17-24)19-4-5-20(33-15-19)18-14-22-21(6-9-34-37(22)16-18)35-10-12-36(13-11-35)23(38)40-26(30,31)25(27,28)29/h4-6,9,14-16,32H,2-3,7-8,10-13,17,27-31H2,1H3/t24-/m0/s1. The van der Waals surface area contributed by atoms with Crippen molar-refractivity contribution in [1.82, 2.24) is 24.8 Å². The van der Waals surface area contributed by atoms with Crippen molar-refractivity contribution in [2.45, 2.75) is 35.9 Å². The maximum absolute atomic E-state index is 12.9. The van der Waals surface area contributed by atoms with Crippen LogP contribution in [0.1, 0.15) is 25.3 Å². The summed E-state index contributed by atoms with van der Waals surface area (Å²) >= 11 is 0. The van der Waals surface area contributed by atoms with Gasteiger partial charge in [0.05, 0.1) is 40.4 Å². The van der Waals surface area contributed by atoms with Crippen LogP contribution in [0, 0.1) is 0 Å². The molecular weight excluding hydrogens is 498 g/mol. The van der Waals surface area contributed by atoms with Crippen molar-refractivity contribution >= 4 is 56.5 Å². The molecular formula is C26H39B5N6O3. The number of hydrogen-bond donors (Lipinski definition) is 1. The Labute approximate surface area is 241 Å². The van der Waals surface area contributed by atoms with Gasteiger partial charge in [0.2, 0.25) is 0 Å². The van der Waals surface area contributed by atoms with E-state index in [1.807, 2.05) is 49.8 Å². The van der Waals surface area contributed by atoms with Gasteiger partial charge in [0.1, 0.15) is 21.3 Å². The van der Waals surface area contributed by atoms with E-state index in [4.69, 9.17) is 14.5 Å². The smallest absolute Gasteiger partial charge is 0.408 e. The summed E-state index contributed by atoms with van der Waals surface area (Å²) in [4.78, 5) is 21.9. The molecule has 0 saturated carbocycles. The van der Waals surface area contributed by atoms with Crippen LogP contribution in [0.25, 0.3) is 16.8 Å². The maximum Gasteiger partial charge on any atom is 0.408 e. The van der Waals surface area contributed by atoms with Crippen LogP contribution in [0.4, 0.5) is 10.5 Å². The lowest BCUT2D eigenvalue weighted by atomic mass is 9.28. The van der Waals surface area contributed by atoms with Crippen LogP contribution in [-0.2, 0) is 15.1 Å². The molecule has 0 radical (unpaired) electrons. The number of hydrogen-bond acceptors (Lipinski definition) is 7. The van der Waals surface area contributed by atoms with E-state index in [0.29, 0.717) is 19.7 Å². The largest absolute Gasteiger partial charge is 0.463 e. The average Bonchev–Trinajstić information content (AvgIpc) is 3.38. The number of aromatic nitrogens is 3. The molecule has 2 saturated heterocycles. The van der Waals surface area contributed by atoms with Gasteiger partial charge in [-0.2, -0.15) is 5.10 Å². The number of pyridine rings is 1. The first-order valence-corrected chi connectivity index (χ1v) is 14.5. The van der Waals surface area contributed by atoms with E-state index in [1.54, 1.807) is 0 Å². The molecule has 0 bridgehead atoms. The molecule has 0 aliphatic carbocycles. The zero-order valence-corrected chi connectivity index (χ0v) is 24.9. The number of nitrogens with zero attached hydrogens (tertiary/aromatic N) is 5. The van der Waals surface area contributed by atoms with Gasteiger partial charge >= 0.3 is 6.09 Å². The summed E-state index contributed by atoms with van der Waals surface area (Å²) in [6.07, 6.45) is 7.67. The van der Waals surface area contributed by atoms with Gasteiger partial charge in [-0.15, -0.1) is 0 Å². The summed E-state index contributed by atoms with van der Waals surface area (Å²) in [5, 5.41) is 7.35. The zero-order valence-electron chi connectivity index (χ0n) is 24.9. The fourth-order valence-corrected chi connectivity index (χ4v) is 5.41. The minimum absolute atomic E-state index is 0.146.